The molecule has 0 unspecified atom stereocenters. The molecular formula is C19H22FN3O2. The highest BCUT2D eigenvalue weighted by molar-refractivity contribution is 5.78. The number of hydrogen-bond acceptors (Lipinski definition) is 4. The van der Waals surface area contributed by atoms with E-state index in [9.17, 15) is 9.18 Å². The number of benzene rings is 1. The Bertz CT molecular complexity index is 751. The molecule has 1 aromatic heterocycles. The van der Waals surface area contributed by atoms with Gasteiger partial charge < -0.3 is 14.5 Å². The minimum absolute atomic E-state index is 0.0327. The van der Waals surface area contributed by atoms with Gasteiger partial charge in [-0.15, -0.1) is 0 Å². The fourth-order valence-electron chi connectivity index (χ4n) is 3.08. The van der Waals surface area contributed by atoms with Crippen molar-refractivity contribution in [2.24, 2.45) is 0 Å². The molecule has 5 nitrogen and oxygen atoms in total. The molecule has 1 aliphatic heterocycles. The maximum absolute atomic E-state index is 13.2. The smallest absolute Gasteiger partial charge is 0.261 e. The van der Waals surface area contributed by atoms with Crippen LogP contribution in [0.5, 0.6) is 5.75 Å². The van der Waals surface area contributed by atoms with E-state index in [-0.39, 0.29) is 24.4 Å². The van der Waals surface area contributed by atoms with Crippen LogP contribution in [-0.2, 0) is 4.79 Å². The Kier molecular flexibility index (Phi) is 5.16. The highest BCUT2D eigenvalue weighted by Crippen LogP contribution is 2.33. The normalized spacial score (nSPS) is 16.8. The summed E-state index contributed by atoms with van der Waals surface area (Å²) in [4.78, 5) is 20.7. The third kappa shape index (κ3) is 4.07. The van der Waals surface area contributed by atoms with Crippen LogP contribution in [0, 0.1) is 5.82 Å². The SMILES string of the molecule is CN(C)c1cc([C@@H]2CCCN2C(=O)COc2cccc(F)c2)ccn1. The molecule has 25 heavy (non-hydrogen) atoms. The lowest BCUT2D eigenvalue weighted by Crippen LogP contribution is -2.34. The molecule has 0 saturated carbocycles. The van der Waals surface area contributed by atoms with Crippen LogP contribution in [0.4, 0.5) is 10.2 Å². The number of anilines is 1. The van der Waals surface area contributed by atoms with E-state index < -0.39 is 0 Å². The molecule has 1 aliphatic rings. The zero-order valence-corrected chi connectivity index (χ0v) is 14.5. The molecular weight excluding hydrogens is 321 g/mol. The summed E-state index contributed by atoms with van der Waals surface area (Å²) in [5, 5.41) is 0. The van der Waals surface area contributed by atoms with Crippen LogP contribution in [0.15, 0.2) is 42.6 Å². The second kappa shape index (κ2) is 7.51. The lowest BCUT2D eigenvalue weighted by molar-refractivity contribution is -0.134. The van der Waals surface area contributed by atoms with Crippen LogP contribution in [0.1, 0.15) is 24.4 Å². The van der Waals surface area contributed by atoms with Gasteiger partial charge in [-0.2, -0.15) is 0 Å². The highest BCUT2D eigenvalue weighted by atomic mass is 19.1. The van der Waals surface area contributed by atoms with Crippen LogP contribution < -0.4 is 9.64 Å². The quantitative estimate of drug-likeness (QED) is 0.837. The molecule has 2 aromatic rings. The summed E-state index contributed by atoms with van der Waals surface area (Å²) in [6, 6.07) is 9.83. The molecule has 0 bridgehead atoms. The topological polar surface area (TPSA) is 45.7 Å². The number of halogens is 1. The summed E-state index contributed by atoms with van der Waals surface area (Å²) < 4.78 is 18.6. The first kappa shape index (κ1) is 17.2. The van der Waals surface area contributed by atoms with Gasteiger partial charge in [-0.25, -0.2) is 9.37 Å². The van der Waals surface area contributed by atoms with E-state index >= 15 is 0 Å². The average molecular weight is 343 g/mol. The van der Waals surface area contributed by atoms with E-state index in [1.165, 1.54) is 12.1 Å². The molecule has 1 atom stereocenters. The number of pyridine rings is 1. The molecule has 0 spiro atoms. The van der Waals surface area contributed by atoms with E-state index in [0.29, 0.717) is 12.3 Å². The average Bonchev–Trinajstić information content (AvgIpc) is 3.10. The zero-order valence-electron chi connectivity index (χ0n) is 14.5. The summed E-state index contributed by atoms with van der Waals surface area (Å²) in [7, 11) is 3.88. The number of carbonyl (C=O) groups is 1. The van der Waals surface area contributed by atoms with Gasteiger partial charge in [-0.1, -0.05) is 6.07 Å². The van der Waals surface area contributed by atoms with Crippen molar-refractivity contribution in [1.82, 2.24) is 9.88 Å². The lowest BCUT2D eigenvalue weighted by atomic mass is 10.1. The summed E-state index contributed by atoms with van der Waals surface area (Å²) in [6.45, 7) is 0.612. The van der Waals surface area contributed by atoms with Crippen molar-refractivity contribution in [1.29, 1.82) is 0 Å². The molecule has 1 aromatic carbocycles. The third-order valence-electron chi connectivity index (χ3n) is 4.34. The van der Waals surface area contributed by atoms with Gasteiger partial charge in [0.05, 0.1) is 6.04 Å². The first-order valence-corrected chi connectivity index (χ1v) is 8.35. The number of carbonyl (C=O) groups excluding carboxylic acids is 1. The fraction of sp³-hybridized carbons (Fsp3) is 0.368. The Morgan fingerprint density at radius 1 is 1.36 bits per heavy atom. The van der Waals surface area contributed by atoms with Gasteiger partial charge in [0, 0.05) is 32.9 Å². The number of amides is 1. The molecule has 1 saturated heterocycles. The summed E-state index contributed by atoms with van der Waals surface area (Å²) in [5.41, 5.74) is 1.08. The van der Waals surface area contributed by atoms with Crippen molar-refractivity contribution in [3.8, 4) is 5.75 Å². The number of likely N-dealkylation sites (tertiary alicyclic amines) is 1. The largest absolute Gasteiger partial charge is 0.484 e. The van der Waals surface area contributed by atoms with Crippen LogP contribution in [-0.4, -0.2) is 43.0 Å². The van der Waals surface area contributed by atoms with Gasteiger partial charge in [0.15, 0.2) is 6.61 Å². The number of nitrogens with zero attached hydrogens (tertiary/aromatic N) is 3. The predicted octanol–water partition coefficient (Wildman–Crippen LogP) is 3.03. The van der Waals surface area contributed by atoms with E-state index in [2.05, 4.69) is 4.98 Å². The Labute approximate surface area is 147 Å². The van der Waals surface area contributed by atoms with Crippen LogP contribution in [0.25, 0.3) is 0 Å². The number of ether oxygens (including phenoxy) is 1. The minimum atomic E-state index is -0.378. The number of aromatic nitrogens is 1. The monoisotopic (exact) mass is 343 g/mol. The van der Waals surface area contributed by atoms with Gasteiger partial charge >= 0.3 is 0 Å². The molecule has 0 aliphatic carbocycles. The Morgan fingerprint density at radius 3 is 2.96 bits per heavy atom. The van der Waals surface area contributed by atoms with Crippen molar-refractivity contribution in [3.63, 3.8) is 0 Å². The first-order valence-electron chi connectivity index (χ1n) is 8.35. The number of hydrogen-bond donors (Lipinski definition) is 0. The van der Waals surface area contributed by atoms with Crippen molar-refractivity contribution >= 4 is 11.7 Å². The second-order valence-corrected chi connectivity index (χ2v) is 6.33. The van der Waals surface area contributed by atoms with Gasteiger partial charge in [-0.3, -0.25) is 4.79 Å². The van der Waals surface area contributed by atoms with Crippen molar-refractivity contribution in [2.75, 3.05) is 32.1 Å². The summed E-state index contributed by atoms with van der Waals surface area (Å²) in [6.07, 6.45) is 3.65. The summed E-state index contributed by atoms with van der Waals surface area (Å²) in [5.74, 6) is 0.766. The Hall–Kier alpha value is -2.63. The van der Waals surface area contributed by atoms with E-state index in [0.717, 1.165) is 24.2 Å². The lowest BCUT2D eigenvalue weighted by Gasteiger charge is -2.26. The third-order valence-corrected chi connectivity index (χ3v) is 4.34. The van der Waals surface area contributed by atoms with Crippen molar-refractivity contribution in [3.05, 3.63) is 54.0 Å². The Balaban J connectivity index is 1.68. The van der Waals surface area contributed by atoms with E-state index in [1.54, 1.807) is 18.3 Å². The summed E-state index contributed by atoms with van der Waals surface area (Å²) >= 11 is 0. The van der Waals surface area contributed by atoms with Crippen LogP contribution in [0.3, 0.4) is 0 Å². The second-order valence-electron chi connectivity index (χ2n) is 6.33. The maximum Gasteiger partial charge on any atom is 0.261 e. The first-order chi connectivity index (χ1) is 12.0. The molecule has 6 heteroatoms. The van der Waals surface area contributed by atoms with Gasteiger partial charge in [0.25, 0.3) is 5.91 Å². The maximum atomic E-state index is 13.2. The Morgan fingerprint density at radius 2 is 2.20 bits per heavy atom. The molecule has 0 radical (unpaired) electrons. The molecule has 132 valence electrons. The number of rotatable bonds is 5. The van der Waals surface area contributed by atoms with Gasteiger partial charge in [-0.05, 0) is 42.7 Å². The zero-order chi connectivity index (χ0) is 17.8. The molecule has 2 heterocycles. The van der Waals surface area contributed by atoms with E-state index in [4.69, 9.17) is 4.74 Å². The molecule has 1 fully saturated rings. The minimum Gasteiger partial charge on any atom is -0.484 e. The standard InChI is InChI=1S/C19H22FN3O2/c1-22(2)18-11-14(8-9-21-18)17-7-4-10-23(17)19(24)13-25-16-6-3-5-15(20)12-16/h3,5-6,8-9,11-12,17H,4,7,10,13H2,1-2H3/t17-/m0/s1. The van der Waals surface area contributed by atoms with Gasteiger partial charge in [0.1, 0.15) is 17.4 Å². The van der Waals surface area contributed by atoms with Crippen LogP contribution >= 0.6 is 0 Å². The predicted molar refractivity (Wildman–Crippen MR) is 94.1 cm³/mol. The van der Waals surface area contributed by atoms with Crippen LogP contribution in [0.2, 0.25) is 0 Å². The van der Waals surface area contributed by atoms with Gasteiger partial charge in [0.2, 0.25) is 0 Å². The van der Waals surface area contributed by atoms with Crippen molar-refractivity contribution in [2.45, 2.75) is 18.9 Å². The molecule has 1 amide bonds. The molecule has 3 rings (SSSR count). The van der Waals surface area contributed by atoms with Crippen molar-refractivity contribution < 1.29 is 13.9 Å². The molecule has 0 N–H and O–H groups in total. The fourth-order valence-corrected chi connectivity index (χ4v) is 3.08. The highest BCUT2D eigenvalue weighted by Gasteiger charge is 2.30. The van der Waals surface area contributed by atoms with E-state index in [1.807, 2.05) is 36.0 Å².